The van der Waals surface area contributed by atoms with Crippen LogP contribution in [0.3, 0.4) is 0 Å². The van der Waals surface area contributed by atoms with Gasteiger partial charge in [0.25, 0.3) is 0 Å². The number of unbranched alkanes of at least 4 members (excludes halogenated alkanes) is 10. The predicted molar refractivity (Wildman–Crippen MR) is 160 cm³/mol. The van der Waals surface area contributed by atoms with E-state index in [4.69, 9.17) is 9.47 Å². The highest BCUT2D eigenvalue weighted by atomic mass is 79.9. The second-order valence-corrected chi connectivity index (χ2v) is 14.1. The smallest absolute Gasteiger partial charge is 0.311 e. The SMILES string of the molecule is CCCCCCCCC(=O)Oc1c2cc(Br)sc2c(OC(=O)CCCCCCCC)c2cc(Br)sc12. The molecule has 2 heterocycles. The summed E-state index contributed by atoms with van der Waals surface area (Å²) in [6, 6.07) is 3.90. The van der Waals surface area contributed by atoms with Gasteiger partial charge in [-0.25, -0.2) is 0 Å². The third-order valence-electron chi connectivity index (χ3n) is 6.21. The standard InChI is InChI=1S/C28H36Br2O4S2/c1-3-5-7-9-11-13-15-23(31)33-25-19-17-21(29)36-28(19)26(20-18-22(30)35-27(20)25)34-24(32)16-14-12-10-8-6-4-2/h17-18H,3-16H2,1-2H3. The summed E-state index contributed by atoms with van der Waals surface area (Å²) in [5.41, 5.74) is 0. The first kappa shape index (κ1) is 29.6. The highest BCUT2D eigenvalue weighted by Gasteiger charge is 2.24. The number of carbonyl (C=O) groups is 2. The van der Waals surface area contributed by atoms with Crippen LogP contribution < -0.4 is 9.47 Å². The van der Waals surface area contributed by atoms with Gasteiger partial charge in [-0.05, 0) is 56.8 Å². The Bertz CT molecular complexity index is 1010. The Morgan fingerprint density at radius 3 is 1.39 bits per heavy atom. The minimum absolute atomic E-state index is 0.215. The van der Waals surface area contributed by atoms with Crippen LogP contribution in [0.1, 0.15) is 104 Å². The van der Waals surface area contributed by atoms with E-state index >= 15 is 0 Å². The Labute approximate surface area is 239 Å². The molecule has 0 aliphatic carbocycles. The van der Waals surface area contributed by atoms with Crippen molar-refractivity contribution in [2.45, 2.75) is 104 Å². The van der Waals surface area contributed by atoms with Crippen LogP contribution >= 0.6 is 54.5 Å². The van der Waals surface area contributed by atoms with E-state index in [9.17, 15) is 9.59 Å². The summed E-state index contributed by atoms with van der Waals surface area (Å²) in [6.07, 6.45) is 14.2. The number of benzene rings is 1. The van der Waals surface area contributed by atoms with Gasteiger partial charge < -0.3 is 9.47 Å². The molecule has 1 aromatic carbocycles. The molecule has 0 atom stereocenters. The van der Waals surface area contributed by atoms with E-state index in [1.807, 2.05) is 12.1 Å². The largest absolute Gasteiger partial charge is 0.424 e. The number of halogens is 2. The molecule has 0 aliphatic rings. The van der Waals surface area contributed by atoms with Crippen molar-refractivity contribution in [2.75, 3.05) is 0 Å². The van der Waals surface area contributed by atoms with E-state index in [1.54, 1.807) is 0 Å². The second kappa shape index (κ2) is 15.5. The van der Waals surface area contributed by atoms with Crippen LogP contribution in [-0.4, -0.2) is 11.9 Å². The fourth-order valence-electron chi connectivity index (χ4n) is 4.27. The van der Waals surface area contributed by atoms with Gasteiger partial charge in [-0.3, -0.25) is 9.59 Å². The number of carbonyl (C=O) groups excluding carboxylic acids is 2. The first-order valence-corrected chi connectivity index (χ1v) is 16.4. The predicted octanol–water partition coefficient (Wildman–Crippen LogP) is 11.0. The number of hydrogen-bond donors (Lipinski definition) is 0. The van der Waals surface area contributed by atoms with Gasteiger partial charge in [-0.2, -0.15) is 0 Å². The zero-order chi connectivity index (χ0) is 25.9. The Morgan fingerprint density at radius 2 is 1.00 bits per heavy atom. The van der Waals surface area contributed by atoms with Crippen LogP contribution in [-0.2, 0) is 9.59 Å². The van der Waals surface area contributed by atoms with Gasteiger partial charge in [0.15, 0.2) is 11.5 Å². The average molecular weight is 661 g/mol. The zero-order valence-corrected chi connectivity index (χ0v) is 26.1. The fourth-order valence-corrected chi connectivity index (χ4v) is 7.46. The van der Waals surface area contributed by atoms with Crippen LogP contribution in [0.15, 0.2) is 19.7 Å². The van der Waals surface area contributed by atoms with E-state index in [-0.39, 0.29) is 11.9 Å². The van der Waals surface area contributed by atoms with Gasteiger partial charge >= 0.3 is 11.9 Å². The lowest BCUT2D eigenvalue weighted by Gasteiger charge is -2.12. The zero-order valence-electron chi connectivity index (χ0n) is 21.3. The Morgan fingerprint density at radius 1 is 0.639 bits per heavy atom. The molecule has 0 fully saturated rings. The molecule has 0 saturated carbocycles. The van der Waals surface area contributed by atoms with Crippen molar-refractivity contribution in [2.24, 2.45) is 0 Å². The number of esters is 2. The van der Waals surface area contributed by atoms with Crippen molar-refractivity contribution in [3.8, 4) is 11.5 Å². The van der Waals surface area contributed by atoms with Crippen LogP contribution in [0.4, 0.5) is 0 Å². The average Bonchev–Trinajstić information content (AvgIpc) is 3.43. The van der Waals surface area contributed by atoms with Crippen LogP contribution in [0.2, 0.25) is 0 Å². The summed E-state index contributed by atoms with van der Waals surface area (Å²) in [5.74, 6) is 0.689. The summed E-state index contributed by atoms with van der Waals surface area (Å²) in [7, 11) is 0. The van der Waals surface area contributed by atoms with E-state index < -0.39 is 0 Å². The lowest BCUT2D eigenvalue weighted by Crippen LogP contribution is -2.09. The summed E-state index contributed by atoms with van der Waals surface area (Å²) < 4.78 is 15.4. The highest BCUT2D eigenvalue weighted by Crippen LogP contribution is 2.51. The third kappa shape index (κ3) is 8.53. The molecule has 3 rings (SSSR count). The van der Waals surface area contributed by atoms with Gasteiger partial charge in [0, 0.05) is 23.6 Å². The van der Waals surface area contributed by atoms with Crippen LogP contribution in [0.25, 0.3) is 20.2 Å². The van der Waals surface area contributed by atoms with Crippen LogP contribution in [0, 0.1) is 0 Å². The molecule has 36 heavy (non-hydrogen) atoms. The van der Waals surface area contributed by atoms with Crippen molar-refractivity contribution in [1.29, 1.82) is 0 Å². The molecule has 0 spiro atoms. The normalized spacial score (nSPS) is 11.4. The first-order chi connectivity index (χ1) is 17.4. The molecule has 8 heteroatoms. The molecule has 0 bridgehead atoms. The van der Waals surface area contributed by atoms with E-state index in [0.717, 1.165) is 66.3 Å². The molecule has 0 unspecified atom stereocenters. The Balaban J connectivity index is 1.75. The molecule has 0 saturated heterocycles. The third-order valence-corrected chi connectivity index (χ3v) is 9.48. The summed E-state index contributed by atoms with van der Waals surface area (Å²) >= 11 is 10.1. The lowest BCUT2D eigenvalue weighted by molar-refractivity contribution is -0.135. The molecule has 0 radical (unpaired) electrons. The first-order valence-electron chi connectivity index (χ1n) is 13.2. The number of thiophene rings is 2. The lowest BCUT2D eigenvalue weighted by atomic mass is 10.1. The number of hydrogen-bond acceptors (Lipinski definition) is 6. The molecule has 0 amide bonds. The van der Waals surface area contributed by atoms with Crippen LogP contribution in [0.5, 0.6) is 11.5 Å². The maximum atomic E-state index is 12.8. The van der Waals surface area contributed by atoms with Gasteiger partial charge in [0.1, 0.15) is 0 Å². The molecular weight excluding hydrogens is 624 g/mol. The van der Waals surface area contributed by atoms with Gasteiger partial charge in [0.05, 0.1) is 17.0 Å². The summed E-state index contributed by atoms with van der Waals surface area (Å²) in [5, 5.41) is 1.60. The van der Waals surface area contributed by atoms with E-state index in [0.29, 0.717) is 24.3 Å². The van der Waals surface area contributed by atoms with Crippen molar-refractivity contribution < 1.29 is 19.1 Å². The number of fused-ring (bicyclic) bond motifs is 2. The topological polar surface area (TPSA) is 52.6 Å². The van der Waals surface area contributed by atoms with Crippen molar-refractivity contribution in [3.05, 3.63) is 19.7 Å². The number of ether oxygens (including phenoxy) is 2. The highest BCUT2D eigenvalue weighted by molar-refractivity contribution is 9.11. The molecule has 0 N–H and O–H groups in total. The molecule has 198 valence electrons. The van der Waals surface area contributed by atoms with Crippen molar-refractivity contribution in [3.63, 3.8) is 0 Å². The van der Waals surface area contributed by atoms with Crippen molar-refractivity contribution in [1.82, 2.24) is 0 Å². The molecule has 2 aromatic heterocycles. The maximum Gasteiger partial charge on any atom is 0.311 e. The minimum atomic E-state index is -0.215. The van der Waals surface area contributed by atoms with E-state index in [1.165, 1.54) is 61.2 Å². The molecule has 3 aromatic rings. The Hall–Kier alpha value is -0.960. The molecular formula is C28H36Br2O4S2. The van der Waals surface area contributed by atoms with Gasteiger partial charge in [-0.1, -0.05) is 78.1 Å². The Kier molecular flexibility index (Phi) is 12.7. The van der Waals surface area contributed by atoms with E-state index in [2.05, 4.69) is 45.7 Å². The molecule has 0 aliphatic heterocycles. The van der Waals surface area contributed by atoms with Gasteiger partial charge in [-0.15, -0.1) is 22.7 Å². The fraction of sp³-hybridized carbons (Fsp3) is 0.571. The van der Waals surface area contributed by atoms with Crippen molar-refractivity contribution >= 4 is 86.6 Å². The summed E-state index contributed by atoms with van der Waals surface area (Å²) in [6.45, 7) is 4.40. The second-order valence-electron chi connectivity index (χ2n) is 9.23. The molecule has 4 nitrogen and oxygen atoms in total. The summed E-state index contributed by atoms with van der Waals surface area (Å²) in [4.78, 5) is 25.5. The van der Waals surface area contributed by atoms with Gasteiger partial charge in [0.2, 0.25) is 0 Å². The number of rotatable bonds is 16. The maximum absolute atomic E-state index is 12.8. The monoisotopic (exact) mass is 658 g/mol. The quantitative estimate of drug-likeness (QED) is 0.0872. The minimum Gasteiger partial charge on any atom is -0.424 e.